The van der Waals surface area contributed by atoms with Gasteiger partial charge in [-0.3, -0.25) is 4.40 Å². The van der Waals surface area contributed by atoms with E-state index >= 15 is 0 Å². The van der Waals surface area contributed by atoms with E-state index in [2.05, 4.69) is 30.7 Å². The van der Waals surface area contributed by atoms with Crippen molar-refractivity contribution in [2.45, 2.75) is 20.8 Å². The van der Waals surface area contributed by atoms with Crippen LogP contribution in [0.3, 0.4) is 0 Å². The number of rotatable bonds is 4. The molecule has 0 saturated heterocycles. The van der Waals surface area contributed by atoms with E-state index in [0.29, 0.717) is 0 Å². The maximum Gasteiger partial charge on any atom is 0.328 e. The van der Waals surface area contributed by atoms with Crippen molar-refractivity contribution in [1.29, 1.82) is 0 Å². The zero-order chi connectivity index (χ0) is 14.9. The first-order valence-electron chi connectivity index (χ1n) is 6.35. The number of fused-ring (bicyclic) bond motifs is 1. The molecule has 0 radical (unpaired) electrons. The van der Waals surface area contributed by atoms with Crippen molar-refractivity contribution in [2.24, 2.45) is 5.41 Å². The quantitative estimate of drug-likeness (QED) is 0.880. The van der Waals surface area contributed by atoms with Gasteiger partial charge in [-0.1, -0.05) is 20.8 Å². The fourth-order valence-electron chi connectivity index (χ4n) is 2.16. The SMILES string of the molecule is CN(CC(C)(C)C)c1nc2sccn2c1C=CC(=O)O. The van der Waals surface area contributed by atoms with Crippen LogP contribution in [0.2, 0.25) is 0 Å². The Balaban J connectivity index is 2.43. The Morgan fingerprint density at radius 1 is 1.55 bits per heavy atom. The lowest BCUT2D eigenvalue weighted by Gasteiger charge is -2.27. The molecule has 0 aliphatic rings. The number of carbonyl (C=O) groups is 1. The molecule has 2 aromatic rings. The lowest BCUT2D eigenvalue weighted by molar-refractivity contribution is -0.131. The molecule has 2 rings (SSSR count). The van der Waals surface area contributed by atoms with Crippen molar-refractivity contribution in [3.8, 4) is 0 Å². The molecule has 2 aromatic heterocycles. The zero-order valence-corrected chi connectivity index (χ0v) is 12.9. The molecule has 0 bridgehead atoms. The van der Waals surface area contributed by atoms with Gasteiger partial charge in [0.1, 0.15) is 0 Å². The molecule has 6 heteroatoms. The number of anilines is 1. The van der Waals surface area contributed by atoms with Gasteiger partial charge in [-0.25, -0.2) is 9.78 Å². The van der Waals surface area contributed by atoms with E-state index in [4.69, 9.17) is 5.11 Å². The number of nitrogens with zero attached hydrogens (tertiary/aromatic N) is 3. The second kappa shape index (κ2) is 5.28. The molecule has 5 nitrogen and oxygen atoms in total. The summed E-state index contributed by atoms with van der Waals surface area (Å²) in [6, 6.07) is 0. The molecule has 108 valence electrons. The molecule has 0 unspecified atom stereocenters. The Labute approximate surface area is 122 Å². The predicted molar refractivity (Wildman–Crippen MR) is 82.5 cm³/mol. The van der Waals surface area contributed by atoms with Crippen LogP contribution in [-0.2, 0) is 4.79 Å². The van der Waals surface area contributed by atoms with Crippen LogP contribution >= 0.6 is 11.3 Å². The summed E-state index contributed by atoms with van der Waals surface area (Å²) >= 11 is 1.54. The first kappa shape index (κ1) is 14.6. The number of thiazole rings is 1. The van der Waals surface area contributed by atoms with Crippen molar-refractivity contribution in [2.75, 3.05) is 18.5 Å². The first-order chi connectivity index (χ1) is 9.28. The summed E-state index contributed by atoms with van der Waals surface area (Å²) < 4.78 is 1.92. The van der Waals surface area contributed by atoms with Crippen LogP contribution in [0.25, 0.3) is 11.0 Å². The highest BCUT2D eigenvalue weighted by atomic mass is 32.1. The highest BCUT2D eigenvalue weighted by Crippen LogP contribution is 2.27. The molecule has 1 N–H and O–H groups in total. The van der Waals surface area contributed by atoms with Gasteiger partial charge in [0.05, 0.1) is 5.69 Å². The molecular weight excluding hydrogens is 274 g/mol. The smallest absolute Gasteiger partial charge is 0.328 e. The molecule has 0 atom stereocenters. The number of carboxylic acids is 1. The highest BCUT2D eigenvalue weighted by Gasteiger charge is 2.19. The van der Waals surface area contributed by atoms with E-state index in [1.807, 2.05) is 23.0 Å². The average molecular weight is 293 g/mol. The number of imidazole rings is 1. The van der Waals surface area contributed by atoms with Gasteiger partial charge in [0.2, 0.25) is 0 Å². The average Bonchev–Trinajstić information content (AvgIpc) is 2.83. The number of hydrogen-bond donors (Lipinski definition) is 1. The summed E-state index contributed by atoms with van der Waals surface area (Å²) in [6.07, 6.45) is 4.65. The van der Waals surface area contributed by atoms with Crippen LogP contribution in [0, 0.1) is 5.41 Å². The van der Waals surface area contributed by atoms with E-state index in [9.17, 15) is 4.79 Å². The fraction of sp³-hybridized carbons (Fsp3) is 0.429. The minimum atomic E-state index is -0.959. The number of hydrogen-bond acceptors (Lipinski definition) is 4. The Hall–Kier alpha value is -1.82. The fourth-order valence-corrected chi connectivity index (χ4v) is 2.88. The predicted octanol–water partition coefficient (Wildman–Crippen LogP) is 2.98. The minimum Gasteiger partial charge on any atom is -0.478 e. The molecule has 0 aliphatic heterocycles. The molecule has 0 fully saturated rings. The van der Waals surface area contributed by atoms with Crippen LogP contribution < -0.4 is 4.90 Å². The van der Waals surface area contributed by atoms with Crippen molar-refractivity contribution in [3.05, 3.63) is 23.3 Å². The Morgan fingerprint density at radius 2 is 2.25 bits per heavy atom. The van der Waals surface area contributed by atoms with Crippen molar-refractivity contribution in [3.63, 3.8) is 0 Å². The first-order valence-corrected chi connectivity index (χ1v) is 7.23. The Kier molecular flexibility index (Phi) is 3.85. The summed E-state index contributed by atoms with van der Waals surface area (Å²) in [5, 5.41) is 10.8. The zero-order valence-electron chi connectivity index (χ0n) is 12.1. The largest absolute Gasteiger partial charge is 0.478 e. The van der Waals surface area contributed by atoms with E-state index < -0.39 is 5.97 Å². The van der Waals surface area contributed by atoms with Gasteiger partial charge in [-0.05, 0) is 11.5 Å². The number of carboxylic acid groups (broad SMARTS) is 1. The van der Waals surface area contributed by atoms with Gasteiger partial charge in [0.25, 0.3) is 0 Å². The maximum atomic E-state index is 10.8. The van der Waals surface area contributed by atoms with Crippen LogP contribution in [0.5, 0.6) is 0 Å². The number of aromatic nitrogens is 2. The second-order valence-corrected chi connectivity index (χ2v) is 6.84. The molecule has 20 heavy (non-hydrogen) atoms. The maximum absolute atomic E-state index is 10.8. The lowest BCUT2D eigenvalue weighted by atomic mass is 9.96. The van der Waals surface area contributed by atoms with E-state index in [0.717, 1.165) is 29.1 Å². The van der Waals surface area contributed by atoms with Gasteiger partial charge in [-0.15, -0.1) is 11.3 Å². The van der Waals surface area contributed by atoms with Crippen LogP contribution in [-0.4, -0.2) is 34.1 Å². The summed E-state index contributed by atoms with van der Waals surface area (Å²) in [7, 11) is 1.98. The molecule has 2 heterocycles. The summed E-state index contributed by atoms with van der Waals surface area (Å²) in [5.41, 5.74) is 0.940. The van der Waals surface area contributed by atoms with Gasteiger partial charge in [0, 0.05) is 31.2 Å². The third-order valence-corrected chi connectivity index (χ3v) is 3.49. The molecule has 0 aromatic carbocycles. The van der Waals surface area contributed by atoms with E-state index in [1.165, 1.54) is 11.3 Å². The third-order valence-electron chi connectivity index (χ3n) is 2.74. The van der Waals surface area contributed by atoms with Crippen LogP contribution in [0.1, 0.15) is 26.5 Å². The normalized spacial score (nSPS) is 12.4. The summed E-state index contributed by atoms with van der Waals surface area (Å²) in [5.74, 6) is -0.149. The second-order valence-electron chi connectivity index (χ2n) is 5.96. The van der Waals surface area contributed by atoms with Crippen molar-refractivity contribution >= 4 is 34.2 Å². The van der Waals surface area contributed by atoms with E-state index in [-0.39, 0.29) is 5.41 Å². The lowest BCUT2D eigenvalue weighted by Crippen LogP contribution is -2.29. The molecular formula is C14H19N3O2S. The van der Waals surface area contributed by atoms with Gasteiger partial charge < -0.3 is 10.0 Å². The van der Waals surface area contributed by atoms with Crippen molar-refractivity contribution in [1.82, 2.24) is 9.38 Å². The van der Waals surface area contributed by atoms with Crippen LogP contribution in [0.4, 0.5) is 5.82 Å². The topological polar surface area (TPSA) is 57.8 Å². The molecule has 0 saturated carbocycles. The van der Waals surface area contributed by atoms with Gasteiger partial charge in [0.15, 0.2) is 10.8 Å². The highest BCUT2D eigenvalue weighted by molar-refractivity contribution is 7.15. The Bertz CT molecular complexity index is 649. The van der Waals surface area contributed by atoms with Gasteiger partial charge in [-0.2, -0.15) is 0 Å². The third kappa shape index (κ3) is 3.19. The van der Waals surface area contributed by atoms with Crippen LogP contribution in [0.15, 0.2) is 17.7 Å². The summed E-state index contributed by atoms with van der Waals surface area (Å²) in [6.45, 7) is 7.32. The standard InChI is InChI=1S/C14H19N3O2S/c1-14(2,3)9-16(4)12-10(5-6-11(18)19)17-7-8-20-13(17)15-12/h5-8H,9H2,1-4H3,(H,18,19). The molecule has 0 aliphatic carbocycles. The summed E-state index contributed by atoms with van der Waals surface area (Å²) in [4.78, 5) is 18.3. The van der Waals surface area contributed by atoms with Crippen molar-refractivity contribution < 1.29 is 9.90 Å². The minimum absolute atomic E-state index is 0.138. The Morgan fingerprint density at radius 3 is 2.85 bits per heavy atom. The monoisotopic (exact) mass is 293 g/mol. The van der Waals surface area contributed by atoms with E-state index in [1.54, 1.807) is 6.08 Å². The molecule has 0 amide bonds. The number of aliphatic carboxylic acids is 1. The van der Waals surface area contributed by atoms with Gasteiger partial charge >= 0.3 is 5.97 Å². The molecule has 0 spiro atoms.